The first-order chi connectivity index (χ1) is 9.10. The molecule has 0 heterocycles. The van der Waals surface area contributed by atoms with E-state index in [1.54, 1.807) is 0 Å². The van der Waals surface area contributed by atoms with Crippen LogP contribution < -0.4 is 5.32 Å². The van der Waals surface area contributed by atoms with Crippen LogP contribution in [0.25, 0.3) is 0 Å². The summed E-state index contributed by atoms with van der Waals surface area (Å²) >= 11 is 0. The third-order valence-corrected chi connectivity index (χ3v) is 1.68. The van der Waals surface area contributed by atoms with E-state index in [1.165, 1.54) is 0 Å². The Labute approximate surface area is 116 Å². The van der Waals surface area contributed by atoms with Crippen molar-refractivity contribution in [3.8, 4) is 0 Å². The molecule has 0 aliphatic rings. The molecule has 21 heavy (non-hydrogen) atoms. The number of alkyl halides is 6. The first kappa shape index (κ1) is 21.7. The monoisotopic (exact) mass is 323 g/mol. The van der Waals surface area contributed by atoms with E-state index in [4.69, 9.17) is 0 Å². The van der Waals surface area contributed by atoms with Gasteiger partial charge in [-0.25, -0.2) is 0 Å². The number of ketones is 2. The van der Waals surface area contributed by atoms with Gasteiger partial charge < -0.3 is 5.32 Å². The molecular formula is C11H15F6NO3. The molecule has 4 nitrogen and oxygen atoms in total. The van der Waals surface area contributed by atoms with Crippen LogP contribution in [0.4, 0.5) is 26.3 Å². The van der Waals surface area contributed by atoms with E-state index in [0.29, 0.717) is 0 Å². The fourth-order valence-corrected chi connectivity index (χ4v) is 0.709. The van der Waals surface area contributed by atoms with E-state index in [-0.39, 0.29) is 17.9 Å². The number of carbonyl (C=O) groups is 3. The maximum atomic E-state index is 11.2. The summed E-state index contributed by atoms with van der Waals surface area (Å²) in [6, 6.07) is 0.264. The van der Waals surface area contributed by atoms with Crippen molar-refractivity contribution in [2.75, 3.05) is 0 Å². The van der Waals surface area contributed by atoms with E-state index in [0.717, 1.165) is 0 Å². The molecule has 0 aromatic carbocycles. The van der Waals surface area contributed by atoms with Gasteiger partial charge in [-0.3, -0.25) is 14.4 Å². The van der Waals surface area contributed by atoms with Crippen LogP contribution in [0.3, 0.4) is 0 Å². The fraction of sp³-hybridized carbons (Fsp3) is 0.727. The lowest BCUT2D eigenvalue weighted by Gasteiger charge is -2.09. The maximum Gasteiger partial charge on any atom is 0.458 e. The highest BCUT2D eigenvalue weighted by atomic mass is 19.4. The Bertz CT molecular complexity index is 360. The van der Waals surface area contributed by atoms with Crippen LogP contribution in [-0.4, -0.2) is 35.9 Å². The van der Waals surface area contributed by atoms with Gasteiger partial charge in [0, 0.05) is 12.0 Å². The molecule has 0 rings (SSSR count). The molecule has 0 saturated heterocycles. The normalized spacial score (nSPS) is 11.8. The SMILES string of the molecule is CC(C)NC(=O)C(C)C.O=C(C(=O)C(F)(F)F)C(F)(F)F. The minimum Gasteiger partial charge on any atom is -0.354 e. The summed E-state index contributed by atoms with van der Waals surface area (Å²) in [5.74, 6) is -6.58. The number of halogens is 6. The first-order valence-corrected chi connectivity index (χ1v) is 5.63. The van der Waals surface area contributed by atoms with Crippen LogP contribution in [0.1, 0.15) is 27.7 Å². The van der Waals surface area contributed by atoms with Crippen molar-refractivity contribution in [3.05, 3.63) is 0 Å². The highest BCUT2D eigenvalue weighted by Gasteiger charge is 2.54. The molecule has 1 N–H and O–H groups in total. The molecule has 0 fully saturated rings. The average Bonchev–Trinajstić information content (AvgIpc) is 2.24. The largest absolute Gasteiger partial charge is 0.458 e. The third-order valence-electron chi connectivity index (χ3n) is 1.68. The summed E-state index contributed by atoms with van der Waals surface area (Å²) < 4.78 is 67.0. The zero-order valence-electron chi connectivity index (χ0n) is 11.6. The van der Waals surface area contributed by atoms with Gasteiger partial charge in [-0.15, -0.1) is 0 Å². The maximum absolute atomic E-state index is 11.2. The van der Waals surface area contributed by atoms with Gasteiger partial charge in [-0.1, -0.05) is 13.8 Å². The van der Waals surface area contributed by atoms with Gasteiger partial charge in [0.15, 0.2) is 0 Å². The topological polar surface area (TPSA) is 63.2 Å². The van der Waals surface area contributed by atoms with E-state index >= 15 is 0 Å². The van der Waals surface area contributed by atoms with Crippen molar-refractivity contribution in [1.82, 2.24) is 5.32 Å². The zero-order valence-corrected chi connectivity index (χ0v) is 11.6. The van der Waals surface area contributed by atoms with Gasteiger partial charge in [0.1, 0.15) is 0 Å². The molecule has 0 aliphatic heterocycles. The Morgan fingerprint density at radius 3 is 1.14 bits per heavy atom. The van der Waals surface area contributed by atoms with Crippen molar-refractivity contribution >= 4 is 17.5 Å². The molecule has 0 bridgehead atoms. The molecule has 0 saturated carbocycles. The number of carbonyl (C=O) groups excluding carboxylic acids is 3. The Morgan fingerprint density at radius 1 is 0.762 bits per heavy atom. The number of rotatable bonds is 3. The van der Waals surface area contributed by atoms with Crippen LogP contribution in [-0.2, 0) is 14.4 Å². The zero-order chi connectivity index (χ0) is 17.6. The van der Waals surface area contributed by atoms with Crippen molar-refractivity contribution in [3.63, 3.8) is 0 Å². The fourth-order valence-electron chi connectivity index (χ4n) is 0.709. The first-order valence-electron chi connectivity index (χ1n) is 5.63. The summed E-state index contributed by atoms with van der Waals surface area (Å²) in [5.41, 5.74) is 0. The van der Waals surface area contributed by atoms with E-state index in [1.807, 2.05) is 27.7 Å². The van der Waals surface area contributed by atoms with Gasteiger partial charge in [0.25, 0.3) is 0 Å². The minimum atomic E-state index is -5.77. The van der Waals surface area contributed by atoms with Crippen LogP contribution in [0.5, 0.6) is 0 Å². The lowest BCUT2D eigenvalue weighted by Crippen LogP contribution is -2.39. The number of hydrogen-bond acceptors (Lipinski definition) is 3. The summed E-state index contributed by atoms with van der Waals surface area (Å²) in [7, 11) is 0. The highest BCUT2D eigenvalue weighted by molar-refractivity contribution is 6.41. The Morgan fingerprint density at radius 2 is 1.05 bits per heavy atom. The molecule has 0 unspecified atom stereocenters. The third kappa shape index (κ3) is 9.85. The quantitative estimate of drug-likeness (QED) is 0.641. The average molecular weight is 323 g/mol. The van der Waals surface area contributed by atoms with Crippen molar-refractivity contribution < 1.29 is 40.7 Å². The molecule has 0 atom stereocenters. The Hall–Kier alpha value is -1.61. The van der Waals surface area contributed by atoms with Gasteiger partial charge in [0.2, 0.25) is 5.91 Å². The van der Waals surface area contributed by atoms with Crippen LogP contribution in [0, 0.1) is 5.92 Å². The smallest absolute Gasteiger partial charge is 0.354 e. The van der Waals surface area contributed by atoms with Crippen LogP contribution in [0.2, 0.25) is 0 Å². The molecule has 10 heteroatoms. The minimum absolute atomic E-state index is 0.104. The van der Waals surface area contributed by atoms with Gasteiger partial charge in [0.05, 0.1) is 0 Å². The molecular weight excluding hydrogens is 308 g/mol. The number of amides is 1. The van der Waals surface area contributed by atoms with E-state index in [2.05, 4.69) is 5.32 Å². The second-order valence-electron chi connectivity index (χ2n) is 4.47. The van der Waals surface area contributed by atoms with Crippen molar-refractivity contribution in [2.24, 2.45) is 5.92 Å². The number of Topliss-reactive ketones (excluding diaryl/α,β-unsaturated/α-hetero) is 2. The van der Waals surface area contributed by atoms with Gasteiger partial charge in [-0.2, -0.15) is 26.3 Å². The summed E-state index contributed by atoms with van der Waals surface area (Å²) in [4.78, 5) is 30.1. The van der Waals surface area contributed by atoms with Crippen LogP contribution >= 0.6 is 0 Å². The Balaban J connectivity index is 0. The van der Waals surface area contributed by atoms with E-state index in [9.17, 15) is 40.7 Å². The lowest BCUT2D eigenvalue weighted by atomic mass is 10.2. The lowest BCUT2D eigenvalue weighted by molar-refractivity contribution is -0.193. The second kappa shape index (κ2) is 7.99. The van der Waals surface area contributed by atoms with E-state index < -0.39 is 23.9 Å². The summed E-state index contributed by atoms with van der Waals surface area (Å²) in [5, 5.41) is 2.80. The number of hydrogen-bond donors (Lipinski definition) is 1. The molecule has 0 radical (unpaired) electrons. The Kier molecular flexibility index (Phi) is 8.25. The van der Waals surface area contributed by atoms with Gasteiger partial charge >= 0.3 is 23.9 Å². The predicted molar refractivity (Wildman–Crippen MR) is 60.2 cm³/mol. The van der Waals surface area contributed by atoms with Crippen LogP contribution in [0.15, 0.2) is 0 Å². The molecule has 1 amide bonds. The molecule has 124 valence electrons. The molecule has 0 spiro atoms. The summed E-state index contributed by atoms with van der Waals surface area (Å²) in [6.45, 7) is 7.69. The second-order valence-corrected chi connectivity index (χ2v) is 4.47. The molecule has 0 aromatic rings. The standard InChI is InChI=1S/C7H15NO.C4F6O2/c1-5(2)7(9)8-6(3)4;5-3(6,7)1(11)2(12)4(8,9)10/h5-6H,1-4H3,(H,8,9);. The van der Waals surface area contributed by atoms with Gasteiger partial charge in [-0.05, 0) is 13.8 Å². The number of nitrogens with one attached hydrogen (secondary N) is 1. The highest BCUT2D eigenvalue weighted by Crippen LogP contribution is 2.23. The van der Waals surface area contributed by atoms with Crippen molar-refractivity contribution in [2.45, 2.75) is 46.1 Å². The van der Waals surface area contributed by atoms with Crippen molar-refractivity contribution in [1.29, 1.82) is 0 Å². The summed E-state index contributed by atoms with van der Waals surface area (Å²) in [6.07, 6.45) is -11.5. The predicted octanol–water partition coefficient (Wildman–Crippen LogP) is 2.42. The molecule has 0 aliphatic carbocycles. The molecule has 0 aromatic heterocycles.